The van der Waals surface area contributed by atoms with Gasteiger partial charge in [-0.3, -0.25) is 0 Å². The molecule has 4 aromatic rings. The highest BCUT2D eigenvalue weighted by molar-refractivity contribution is 5.78. The van der Waals surface area contributed by atoms with E-state index in [1.54, 1.807) is 18.2 Å². The fraction of sp³-hybridized carbons (Fsp3) is 0.321. The normalized spacial score (nSPS) is 14.8. The van der Waals surface area contributed by atoms with Gasteiger partial charge in [-0.25, -0.2) is 4.98 Å². The predicted molar refractivity (Wildman–Crippen MR) is 131 cm³/mol. The minimum absolute atomic E-state index is 0.303. The van der Waals surface area contributed by atoms with Crippen molar-refractivity contribution < 1.29 is 27.1 Å². The Morgan fingerprint density at radius 2 is 1.53 bits per heavy atom. The van der Waals surface area contributed by atoms with Crippen LogP contribution in [0.15, 0.2) is 71.1 Å². The van der Waals surface area contributed by atoms with Crippen molar-refractivity contribution in [2.75, 3.05) is 26.2 Å². The molecular weight excluding hydrogens is 469 g/mol. The lowest BCUT2D eigenvalue weighted by molar-refractivity contribution is -0.137. The van der Waals surface area contributed by atoms with Crippen LogP contribution in [0.5, 0.6) is 17.2 Å². The quantitative estimate of drug-likeness (QED) is 0.236. The molecule has 0 spiro atoms. The zero-order valence-corrected chi connectivity index (χ0v) is 19.8. The molecular formula is C28H27F3N2O3. The molecule has 5 nitrogen and oxygen atoms in total. The Bertz CT molecular complexity index is 1280. The zero-order valence-electron chi connectivity index (χ0n) is 19.8. The smallest absolute Gasteiger partial charge is 0.416 e. The molecule has 0 N–H and O–H groups in total. The number of alkyl halides is 3. The lowest BCUT2D eigenvalue weighted by atomic mass is 10.1. The van der Waals surface area contributed by atoms with Gasteiger partial charge in [0.25, 0.3) is 0 Å². The van der Waals surface area contributed by atoms with Crippen molar-refractivity contribution in [1.29, 1.82) is 0 Å². The van der Waals surface area contributed by atoms with Gasteiger partial charge < -0.3 is 18.8 Å². The molecule has 36 heavy (non-hydrogen) atoms. The molecule has 1 fully saturated rings. The minimum Gasteiger partial charge on any atom is -0.494 e. The van der Waals surface area contributed by atoms with Gasteiger partial charge in [0.05, 0.1) is 12.2 Å². The number of hydrogen-bond donors (Lipinski definition) is 0. The summed E-state index contributed by atoms with van der Waals surface area (Å²) in [5.74, 6) is 2.03. The third-order valence-electron chi connectivity index (χ3n) is 6.21. The van der Waals surface area contributed by atoms with E-state index in [1.807, 2.05) is 24.3 Å². The first kappa shape index (κ1) is 24.2. The standard InChI is InChI=1S/C28H27F3N2O3/c29-28(30,31)21-7-11-23(12-8-21)35-24-13-14-26-25(19-24)32-27(36-26)20-5-9-22(10-6-20)34-18-4-17-33-15-2-1-3-16-33/h5-14,19H,1-4,15-18H2. The monoisotopic (exact) mass is 496 g/mol. The molecule has 0 radical (unpaired) electrons. The number of ether oxygens (including phenoxy) is 2. The van der Waals surface area contributed by atoms with Gasteiger partial charge >= 0.3 is 6.18 Å². The van der Waals surface area contributed by atoms with Gasteiger partial charge in [0.1, 0.15) is 22.8 Å². The van der Waals surface area contributed by atoms with E-state index in [4.69, 9.17) is 13.9 Å². The molecule has 188 valence electrons. The summed E-state index contributed by atoms with van der Waals surface area (Å²) in [6.07, 6.45) is 0.559. The largest absolute Gasteiger partial charge is 0.494 e. The average Bonchev–Trinajstić information content (AvgIpc) is 3.31. The summed E-state index contributed by atoms with van der Waals surface area (Å²) < 4.78 is 55.7. The van der Waals surface area contributed by atoms with Crippen LogP contribution >= 0.6 is 0 Å². The van der Waals surface area contributed by atoms with Gasteiger partial charge in [0.2, 0.25) is 5.89 Å². The van der Waals surface area contributed by atoms with E-state index in [0.717, 1.165) is 36.4 Å². The highest BCUT2D eigenvalue weighted by Crippen LogP contribution is 2.33. The molecule has 1 aliphatic rings. The number of piperidine rings is 1. The summed E-state index contributed by atoms with van der Waals surface area (Å²) >= 11 is 0. The van der Waals surface area contributed by atoms with Crippen molar-refractivity contribution in [2.45, 2.75) is 31.9 Å². The summed E-state index contributed by atoms with van der Waals surface area (Å²) in [5.41, 5.74) is 1.27. The van der Waals surface area contributed by atoms with Crippen LogP contribution in [-0.2, 0) is 6.18 Å². The number of likely N-dealkylation sites (tertiary alicyclic amines) is 1. The maximum Gasteiger partial charge on any atom is 0.416 e. The topological polar surface area (TPSA) is 47.7 Å². The van der Waals surface area contributed by atoms with E-state index in [1.165, 1.54) is 44.5 Å². The van der Waals surface area contributed by atoms with E-state index in [2.05, 4.69) is 9.88 Å². The van der Waals surface area contributed by atoms with Crippen molar-refractivity contribution in [1.82, 2.24) is 9.88 Å². The number of aromatic nitrogens is 1. The molecule has 0 bridgehead atoms. The number of fused-ring (bicyclic) bond motifs is 1. The summed E-state index contributed by atoms with van der Waals surface area (Å²) in [7, 11) is 0. The molecule has 0 saturated carbocycles. The molecule has 1 aliphatic heterocycles. The second kappa shape index (κ2) is 10.6. The highest BCUT2D eigenvalue weighted by atomic mass is 19.4. The van der Waals surface area contributed by atoms with Crippen LogP contribution in [0.2, 0.25) is 0 Å². The van der Waals surface area contributed by atoms with E-state index in [0.29, 0.717) is 35.1 Å². The molecule has 0 aliphatic carbocycles. The first-order chi connectivity index (χ1) is 17.4. The van der Waals surface area contributed by atoms with E-state index in [9.17, 15) is 13.2 Å². The summed E-state index contributed by atoms with van der Waals surface area (Å²) in [6.45, 7) is 4.15. The lowest BCUT2D eigenvalue weighted by Crippen LogP contribution is -2.31. The molecule has 1 aromatic heterocycles. The third kappa shape index (κ3) is 5.99. The SMILES string of the molecule is FC(F)(F)c1ccc(Oc2ccc3oc(-c4ccc(OCCCN5CCCCC5)cc4)nc3c2)cc1. The van der Waals surface area contributed by atoms with Crippen LogP contribution in [0.1, 0.15) is 31.2 Å². The maximum atomic E-state index is 12.8. The van der Waals surface area contributed by atoms with Crippen molar-refractivity contribution in [3.63, 3.8) is 0 Å². The van der Waals surface area contributed by atoms with Crippen LogP contribution in [0.4, 0.5) is 13.2 Å². The number of benzene rings is 3. The van der Waals surface area contributed by atoms with Gasteiger partial charge in [0.15, 0.2) is 5.58 Å². The van der Waals surface area contributed by atoms with Crippen LogP contribution < -0.4 is 9.47 Å². The first-order valence-corrected chi connectivity index (χ1v) is 12.2. The Balaban J connectivity index is 1.19. The van der Waals surface area contributed by atoms with Crippen molar-refractivity contribution in [3.8, 4) is 28.7 Å². The maximum absolute atomic E-state index is 12.8. The lowest BCUT2D eigenvalue weighted by Gasteiger charge is -2.26. The zero-order chi connectivity index (χ0) is 25.0. The van der Waals surface area contributed by atoms with Gasteiger partial charge in [-0.1, -0.05) is 6.42 Å². The van der Waals surface area contributed by atoms with Gasteiger partial charge in [-0.05, 0) is 93.0 Å². The Labute approximate surface area is 207 Å². The highest BCUT2D eigenvalue weighted by Gasteiger charge is 2.30. The number of nitrogens with zero attached hydrogens (tertiary/aromatic N) is 2. The van der Waals surface area contributed by atoms with E-state index in [-0.39, 0.29) is 0 Å². The molecule has 3 aromatic carbocycles. The van der Waals surface area contributed by atoms with Crippen LogP contribution in [-0.4, -0.2) is 36.1 Å². The molecule has 0 atom stereocenters. The Morgan fingerprint density at radius 1 is 0.833 bits per heavy atom. The van der Waals surface area contributed by atoms with Crippen molar-refractivity contribution >= 4 is 11.1 Å². The predicted octanol–water partition coefficient (Wildman–Crippen LogP) is 7.56. The molecule has 2 heterocycles. The third-order valence-corrected chi connectivity index (χ3v) is 6.21. The molecule has 0 unspecified atom stereocenters. The van der Waals surface area contributed by atoms with Crippen LogP contribution in [0.3, 0.4) is 0 Å². The van der Waals surface area contributed by atoms with Gasteiger partial charge in [-0.15, -0.1) is 0 Å². The second-order valence-electron chi connectivity index (χ2n) is 8.90. The van der Waals surface area contributed by atoms with Crippen molar-refractivity contribution in [3.05, 3.63) is 72.3 Å². The Kier molecular flexibility index (Phi) is 7.13. The van der Waals surface area contributed by atoms with Crippen molar-refractivity contribution in [2.24, 2.45) is 0 Å². The van der Waals surface area contributed by atoms with E-state index >= 15 is 0 Å². The summed E-state index contributed by atoms with van der Waals surface area (Å²) in [6, 6.07) is 17.3. The van der Waals surface area contributed by atoms with Crippen LogP contribution in [0.25, 0.3) is 22.6 Å². The molecule has 0 amide bonds. The second-order valence-corrected chi connectivity index (χ2v) is 8.90. The summed E-state index contributed by atoms with van der Waals surface area (Å²) in [4.78, 5) is 7.05. The Hall–Kier alpha value is -3.52. The number of rotatable bonds is 8. The fourth-order valence-electron chi connectivity index (χ4n) is 4.30. The number of halogens is 3. The first-order valence-electron chi connectivity index (χ1n) is 12.2. The van der Waals surface area contributed by atoms with E-state index < -0.39 is 11.7 Å². The molecule has 1 saturated heterocycles. The van der Waals surface area contributed by atoms with Gasteiger partial charge in [-0.2, -0.15) is 13.2 Å². The fourth-order valence-corrected chi connectivity index (χ4v) is 4.30. The Morgan fingerprint density at radius 3 is 2.25 bits per heavy atom. The molecule has 8 heteroatoms. The van der Waals surface area contributed by atoms with Crippen LogP contribution in [0, 0.1) is 0 Å². The molecule has 5 rings (SSSR count). The number of oxazole rings is 1. The number of hydrogen-bond acceptors (Lipinski definition) is 5. The minimum atomic E-state index is -4.38. The average molecular weight is 497 g/mol. The summed E-state index contributed by atoms with van der Waals surface area (Å²) in [5, 5.41) is 0. The van der Waals surface area contributed by atoms with Gasteiger partial charge in [0, 0.05) is 18.2 Å².